The third-order valence-corrected chi connectivity index (χ3v) is 6.84. The summed E-state index contributed by atoms with van der Waals surface area (Å²) in [5.41, 5.74) is 2.03. The lowest BCUT2D eigenvalue weighted by Crippen LogP contribution is -2.37. The Bertz CT molecular complexity index is 915. The van der Waals surface area contributed by atoms with Crippen molar-refractivity contribution in [1.82, 2.24) is 19.8 Å². The number of rotatable bonds is 6. The zero-order valence-electron chi connectivity index (χ0n) is 15.5. The topological polar surface area (TPSA) is 96.5 Å². The number of aryl methyl sites for hydroxylation is 2. The van der Waals surface area contributed by atoms with Gasteiger partial charge in [-0.3, -0.25) is 10.00 Å². The molecule has 0 radical (unpaired) electrons. The minimum absolute atomic E-state index is 0.0655. The van der Waals surface area contributed by atoms with E-state index in [1.807, 2.05) is 18.2 Å². The lowest BCUT2D eigenvalue weighted by molar-refractivity contribution is 0.173. The molecule has 1 saturated heterocycles. The van der Waals surface area contributed by atoms with E-state index >= 15 is 0 Å². The summed E-state index contributed by atoms with van der Waals surface area (Å²) >= 11 is 0. The summed E-state index contributed by atoms with van der Waals surface area (Å²) in [5, 5.41) is 6.74. The molecule has 2 aliphatic rings. The van der Waals surface area contributed by atoms with Gasteiger partial charge in [0, 0.05) is 12.6 Å². The Balaban J connectivity index is 1.59. The molecule has 4 rings (SSSR count). The molecule has 1 aromatic heterocycles. The van der Waals surface area contributed by atoms with Gasteiger partial charge in [-0.1, -0.05) is 6.07 Å². The molecule has 2 N–H and O–H groups in total. The number of hydrogen-bond acceptors (Lipinski definition) is 6. The van der Waals surface area contributed by atoms with Crippen LogP contribution in [-0.2, 0) is 10.0 Å². The number of fused-ring (bicyclic) bond motifs is 1. The van der Waals surface area contributed by atoms with Crippen molar-refractivity contribution in [3.05, 3.63) is 35.2 Å². The van der Waals surface area contributed by atoms with Gasteiger partial charge in [-0.25, -0.2) is 13.1 Å². The van der Waals surface area contributed by atoms with E-state index in [1.54, 1.807) is 13.8 Å². The molecule has 1 fully saturated rings. The van der Waals surface area contributed by atoms with Gasteiger partial charge in [0.15, 0.2) is 11.5 Å². The minimum atomic E-state index is -3.65. The summed E-state index contributed by atoms with van der Waals surface area (Å²) < 4.78 is 39.3. The molecule has 0 amide bonds. The second-order valence-electron chi connectivity index (χ2n) is 6.99. The van der Waals surface area contributed by atoms with Gasteiger partial charge in [-0.05, 0) is 57.5 Å². The van der Waals surface area contributed by atoms with E-state index in [2.05, 4.69) is 19.8 Å². The van der Waals surface area contributed by atoms with Crippen LogP contribution in [0.15, 0.2) is 23.1 Å². The highest BCUT2D eigenvalue weighted by atomic mass is 32.2. The lowest BCUT2D eigenvalue weighted by atomic mass is 10.1. The predicted octanol–water partition coefficient (Wildman–Crippen LogP) is 1.87. The van der Waals surface area contributed by atoms with Crippen LogP contribution in [0.5, 0.6) is 11.5 Å². The number of aromatic amines is 1. The van der Waals surface area contributed by atoms with E-state index in [4.69, 9.17) is 9.47 Å². The van der Waals surface area contributed by atoms with E-state index in [1.165, 1.54) is 0 Å². The zero-order chi connectivity index (χ0) is 19.0. The Morgan fingerprint density at radius 2 is 1.96 bits per heavy atom. The number of hydrogen-bond donors (Lipinski definition) is 2. The second kappa shape index (κ2) is 7.14. The molecule has 0 spiro atoms. The molecule has 0 saturated carbocycles. The van der Waals surface area contributed by atoms with Crippen LogP contribution in [0.4, 0.5) is 0 Å². The lowest BCUT2D eigenvalue weighted by Gasteiger charge is -2.28. The highest BCUT2D eigenvalue weighted by Gasteiger charge is 2.29. The Hall–Kier alpha value is -2.10. The number of nitrogens with one attached hydrogen (secondary N) is 2. The van der Waals surface area contributed by atoms with Gasteiger partial charge < -0.3 is 9.47 Å². The summed E-state index contributed by atoms with van der Waals surface area (Å²) in [7, 11) is -3.65. The standard InChI is InChI=1S/C18H24N4O4S/c1-12-18(13(2)21-20-12)27(23,24)19-10-15(22-7-3-4-8-22)14-5-6-16-17(9-14)26-11-25-16/h5-6,9,15,19H,3-4,7-8,10-11H2,1-2H3,(H,20,21)/t15-/m0/s1. The van der Waals surface area contributed by atoms with Crippen LogP contribution < -0.4 is 14.2 Å². The molecule has 146 valence electrons. The van der Waals surface area contributed by atoms with Gasteiger partial charge in [0.05, 0.1) is 11.4 Å². The van der Waals surface area contributed by atoms with Crippen LogP contribution in [0.25, 0.3) is 0 Å². The number of ether oxygens (including phenoxy) is 2. The molecule has 2 aliphatic heterocycles. The summed E-state index contributed by atoms with van der Waals surface area (Å²) in [6, 6.07) is 5.76. The Morgan fingerprint density at radius 3 is 2.67 bits per heavy atom. The van der Waals surface area contributed by atoms with Crippen molar-refractivity contribution in [3.63, 3.8) is 0 Å². The number of nitrogens with zero attached hydrogens (tertiary/aromatic N) is 2. The van der Waals surface area contributed by atoms with Crippen molar-refractivity contribution in [2.75, 3.05) is 26.4 Å². The maximum atomic E-state index is 12.8. The first-order chi connectivity index (χ1) is 13.0. The molecule has 1 aromatic carbocycles. The third kappa shape index (κ3) is 3.54. The molecular formula is C18H24N4O4S. The van der Waals surface area contributed by atoms with Crippen molar-refractivity contribution >= 4 is 10.0 Å². The average molecular weight is 392 g/mol. The van der Waals surface area contributed by atoms with Crippen molar-refractivity contribution in [2.45, 2.75) is 37.6 Å². The van der Waals surface area contributed by atoms with E-state index in [9.17, 15) is 8.42 Å². The number of aromatic nitrogens is 2. The number of benzene rings is 1. The van der Waals surface area contributed by atoms with Crippen LogP contribution in [0.2, 0.25) is 0 Å². The van der Waals surface area contributed by atoms with Gasteiger partial charge in [0.2, 0.25) is 16.8 Å². The van der Waals surface area contributed by atoms with Crippen molar-refractivity contribution in [3.8, 4) is 11.5 Å². The molecule has 2 aromatic rings. The van der Waals surface area contributed by atoms with Gasteiger partial charge in [-0.2, -0.15) is 5.10 Å². The van der Waals surface area contributed by atoms with Crippen molar-refractivity contribution in [2.24, 2.45) is 0 Å². The largest absolute Gasteiger partial charge is 0.454 e. The molecule has 27 heavy (non-hydrogen) atoms. The van der Waals surface area contributed by atoms with E-state index in [0.29, 0.717) is 17.1 Å². The zero-order valence-corrected chi connectivity index (χ0v) is 16.3. The first-order valence-electron chi connectivity index (χ1n) is 9.10. The van der Waals surface area contributed by atoms with E-state index in [0.717, 1.165) is 37.2 Å². The Morgan fingerprint density at radius 1 is 1.22 bits per heavy atom. The second-order valence-corrected chi connectivity index (χ2v) is 8.69. The highest BCUT2D eigenvalue weighted by Crippen LogP contribution is 2.36. The normalized spacial score (nSPS) is 18.1. The van der Waals surface area contributed by atoms with Crippen molar-refractivity contribution < 1.29 is 17.9 Å². The molecule has 0 bridgehead atoms. The van der Waals surface area contributed by atoms with Crippen molar-refractivity contribution in [1.29, 1.82) is 0 Å². The van der Waals surface area contributed by atoms with Crippen LogP contribution in [-0.4, -0.2) is 49.9 Å². The molecule has 8 nitrogen and oxygen atoms in total. The minimum Gasteiger partial charge on any atom is -0.454 e. The first-order valence-corrected chi connectivity index (χ1v) is 10.6. The van der Waals surface area contributed by atoms with Gasteiger partial charge in [-0.15, -0.1) is 0 Å². The summed E-state index contributed by atoms with van der Waals surface area (Å²) in [6.07, 6.45) is 2.24. The maximum absolute atomic E-state index is 12.8. The molecule has 3 heterocycles. The summed E-state index contributed by atoms with van der Waals surface area (Å²) in [4.78, 5) is 2.54. The number of sulfonamides is 1. The fourth-order valence-electron chi connectivity index (χ4n) is 3.83. The molecule has 0 unspecified atom stereocenters. The summed E-state index contributed by atoms with van der Waals surface area (Å²) in [6.45, 7) is 5.80. The monoisotopic (exact) mass is 392 g/mol. The molecule has 1 atom stereocenters. The maximum Gasteiger partial charge on any atom is 0.244 e. The van der Waals surface area contributed by atoms with Gasteiger partial charge in [0.1, 0.15) is 4.90 Å². The van der Waals surface area contributed by atoms with Crippen LogP contribution in [0.1, 0.15) is 35.8 Å². The predicted molar refractivity (Wildman–Crippen MR) is 99.4 cm³/mol. The summed E-state index contributed by atoms with van der Waals surface area (Å²) in [5.74, 6) is 1.44. The third-order valence-electron chi connectivity index (χ3n) is 5.16. The smallest absolute Gasteiger partial charge is 0.244 e. The quantitative estimate of drug-likeness (QED) is 0.779. The number of H-pyrrole nitrogens is 1. The van der Waals surface area contributed by atoms with Crippen LogP contribution in [0.3, 0.4) is 0 Å². The Labute approximate surface area is 158 Å². The van der Waals surface area contributed by atoms with Gasteiger partial charge >= 0.3 is 0 Å². The Kier molecular flexibility index (Phi) is 4.83. The van der Waals surface area contributed by atoms with E-state index < -0.39 is 10.0 Å². The molecule has 9 heteroatoms. The van der Waals surface area contributed by atoms with E-state index in [-0.39, 0.29) is 24.3 Å². The first kappa shape index (κ1) is 18.3. The van der Waals surface area contributed by atoms with Crippen LogP contribution in [0, 0.1) is 13.8 Å². The van der Waals surface area contributed by atoms with Crippen LogP contribution >= 0.6 is 0 Å². The highest BCUT2D eigenvalue weighted by molar-refractivity contribution is 7.89. The molecule has 0 aliphatic carbocycles. The average Bonchev–Trinajstić information content (AvgIpc) is 3.36. The SMILES string of the molecule is Cc1n[nH]c(C)c1S(=O)(=O)NC[C@@H](c1ccc2c(c1)OCO2)N1CCCC1. The number of likely N-dealkylation sites (tertiary alicyclic amines) is 1. The fraction of sp³-hybridized carbons (Fsp3) is 0.500. The molecular weight excluding hydrogens is 368 g/mol. The fourth-order valence-corrected chi connectivity index (χ4v) is 5.23. The van der Waals surface area contributed by atoms with Gasteiger partial charge in [0.25, 0.3) is 0 Å².